The van der Waals surface area contributed by atoms with Gasteiger partial charge < -0.3 is 30.2 Å². The van der Waals surface area contributed by atoms with Crippen LogP contribution in [-0.4, -0.2) is 44.3 Å². The summed E-state index contributed by atoms with van der Waals surface area (Å²) in [6, 6.07) is 20.6. The number of nitrogens with one attached hydrogen (secondary N) is 3. The van der Waals surface area contributed by atoms with E-state index < -0.39 is 0 Å². The quantitative estimate of drug-likeness (QED) is 0.304. The Bertz CT molecular complexity index is 1340. The van der Waals surface area contributed by atoms with Crippen LogP contribution in [0.5, 0.6) is 17.2 Å². The minimum Gasteiger partial charge on any atom is -0.493 e. The van der Waals surface area contributed by atoms with Crippen LogP contribution in [0.2, 0.25) is 0 Å². The number of hydrogen-bond acceptors (Lipinski definition) is 8. The number of para-hydroxylation sites is 1. The van der Waals surface area contributed by atoms with E-state index in [2.05, 4.69) is 20.9 Å². The van der Waals surface area contributed by atoms with E-state index >= 15 is 0 Å². The Morgan fingerprint density at radius 3 is 2.14 bits per heavy atom. The number of aromatic nitrogens is 2. The second kappa shape index (κ2) is 11.1. The first kappa shape index (κ1) is 24.3. The molecule has 0 atom stereocenters. The number of carbonyl (C=O) groups is 1. The van der Waals surface area contributed by atoms with Crippen LogP contribution < -0.4 is 30.2 Å². The van der Waals surface area contributed by atoms with Crippen LogP contribution in [0.25, 0.3) is 11.1 Å². The van der Waals surface area contributed by atoms with Crippen molar-refractivity contribution in [3.8, 4) is 28.4 Å². The van der Waals surface area contributed by atoms with Crippen LogP contribution in [0.3, 0.4) is 0 Å². The Labute approximate surface area is 209 Å². The predicted octanol–water partition coefficient (Wildman–Crippen LogP) is 5.02. The summed E-state index contributed by atoms with van der Waals surface area (Å²) in [4.78, 5) is 21.7. The number of carbonyl (C=O) groups excluding carboxylic acids is 1. The summed E-state index contributed by atoms with van der Waals surface area (Å²) in [5.41, 5.74) is 3.46. The fourth-order valence-corrected chi connectivity index (χ4v) is 3.70. The zero-order valence-corrected chi connectivity index (χ0v) is 20.5. The third-order valence-corrected chi connectivity index (χ3v) is 5.45. The summed E-state index contributed by atoms with van der Waals surface area (Å²) >= 11 is 0. The number of hydrogen-bond donors (Lipinski definition) is 3. The van der Waals surface area contributed by atoms with Gasteiger partial charge in [-0.05, 0) is 17.7 Å². The molecular weight excluding hydrogens is 458 g/mol. The van der Waals surface area contributed by atoms with Gasteiger partial charge in [0.25, 0.3) is 5.91 Å². The summed E-state index contributed by atoms with van der Waals surface area (Å²) in [6.45, 7) is 0. The van der Waals surface area contributed by atoms with Crippen molar-refractivity contribution in [2.75, 3.05) is 39.0 Å². The molecule has 3 N–H and O–H groups in total. The molecular formula is C27H27N5O4. The van der Waals surface area contributed by atoms with Crippen molar-refractivity contribution in [3.05, 3.63) is 78.5 Å². The van der Waals surface area contributed by atoms with Crippen LogP contribution >= 0.6 is 0 Å². The highest BCUT2D eigenvalue weighted by molar-refractivity contribution is 6.00. The van der Waals surface area contributed by atoms with Crippen molar-refractivity contribution in [2.24, 2.45) is 0 Å². The topological polar surface area (TPSA) is 107 Å². The molecule has 1 heterocycles. The number of nitrogens with zero attached hydrogens (tertiary/aromatic N) is 2. The van der Waals surface area contributed by atoms with Gasteiger partial charge in [0.05, 0.1) is 32.6 Å². The SMILES string of the molecule is CNC(=O)c1ccccc1Nc1nc(Nc2cc(OC)c(OC)c(OC)c2)ncc1-c1ccccc1. The molecule has 0 saturated carbocycles. The van der Waals surface area contributed by atoms with E-state index in [-0.39, 0.29) is 5.91 Å². The Kier molecular flexibility index (Phi) is 7.50. The summed E-state index contributed by atoms with van der Waals surface area (Å²) in [5.74, 6) is 2.14. The van der Waals surface area contributed by atoms with Gasteiger partial charge in [0.2, 0.25) is 11.7 Å². The lowest BCUT2D eigenvalue weighted by Gasteiger charge is -2.17. The summed E-state index contributed by atoms with van der Waals surface area (Å²) in [6.07, 6.45) is 1.73. The van der Waals surface area contributed by atoms with E-state index in [0.29, 0.717) is 46.0 Å². The van der Waals surface area contributed by atoms with E-state index in [0.717, 1.165) is 11.1 Å². The number of ether oxygens (including phenoxy) is 3. The third kappa shape index (κ3) is 5.15. The first-order chi connectivity index (χ1) is 17.6. The molecule has 1 aromatic heterocycles. The minimum atomic E-state index is -0.204. The minimum absolute atomic E-state index is 0.204. The van der Waals surface area contributed by atoms with Gasteiger partial charge in [-0.15, -0.1) is 0 Å². The zero-order chi connectivity index (χ0) is 25.5. The van der Waals surface area contributed by atoms with E-state index in [4.69, 9.17) is 19.2 Å². The lowest BCUT2D eigenvalue weighted by molar-refractivity contribution is 0.0964. The van der Waals surface area contributed by atoms with Crippen molar-refractivity contribution in [1.82, 2.24) is 15.3 Å². The monoisotopic (exact) mass is 485 g/mol. The average Bonchev–Trinajstić information content (AvgIpc) is 2.93. The van der Waals surface area contributed by atoms with Crippen molar-refractivity contribution >= 4 is 29.0 Å². The Morgan fingerprint density at radius 2 is 1.50 bits per heavy atom. The molecule has 1 amide bonds. The van der Waals surface area contributed by atoms with Gasteiger partial charge in [-0.1, -0.05) is 42.5 Å². The molecule has 9 heteroatoms. The lowest BCUT2D eigenvalue weighted by atomic mass is 10.1. The first-order valence-corrected chi connectivity index (χ1v) is 11.2. The Morgan fingerprint density at radius 1 is 0.833 bits per heavy atom. The Balaban J connectivity index is 1.76. The fourth-order valence-electron chi connectivity index (χ4n) is 3.70. The summed E-state index contributed by atoms with van der Waals surface area (Å²) in [7, 11) is 6.25. The normalized spacial score (nSPS) is 10.3. The molecule has 0 bridgehead atoms. The van der Waals surface area contributed by atoms with Crippen LogP contribution in [0.4, 0.5) is 23.1 Å². The van der Waals surface area contributed by atoms with Crippen molar-refractivity contribution in [3.63, 3.8) is 0 Å². The molecule has 4 aromatic rings. The number of amides is 1. The molecule has 184 valence electrons. The highest BCUT2D eigenvalue weighted by atomic mass is 16.5. The molecule has 9 nitrogen and oxygen atoms in total. The summed E-state index contributed by atoms with van der Waals surface area (Å²) in [5, 5.41) is 9.19. The number of benzene rings is 3. The standard InChI is InChI=1S/C27H27N5O4/c1-28-26(33)19-12-8-9-13-21(19)31-25-20(17-10-6-5-7-11-17)16-29-27(32-25)30-18-14-22(34-2)24(36-4)23(15-18)35-3/h5-16H,1-4H3,(H,28,33)(H2,29,30,31,32). The van der Waals surface area contributed by atoms with Gasteiger partial charge in [-0.3, -0.25) is 4.79 Å². The van der Waals surface area contributed by atoms with Gasteiger partial charge >= 0.3 is 0 Å². The van der Waals surface area contributed by atoms with Crippen molar-refractivity contribution in [1.29, 1.82) is 0 Å². The van der Waals surface area contributed by atoms with E-state index in [1.54, 1.807) is 52.8 Å². The smallest absolute Gasteiger partial charge is 0.253 e. The maximum absolute atomic E-state index is 12.4. The molecule has 0 aliphatic heterocycles. The zero-order valence-electron chi connectivity index (χ0n) is 20.5. The third-order valence-electron chi connectivity index (χ3n) is 5.45. The van der Waals surface area contributed by atoms with Crippen LogP contribution in [0, 0.1) is 0 Å². The molecule has 36 heavy (non-hydrogen) atoms. The molecule has 0 unspecified atom stereocenters. The Hall–Kier alpha value is -4.79. The van der Waals surface area contributed by atoms with E-state index in [1.807, 2.05) is 48.5 Å². The molecule has 0 radical (unpaired) electrons. The molecule has 0 aliphatic carbocycles. The largest absolute Gasteiger partial charge is 0.493 e. The van der Waals surface area contributed by atoms with Crippen molar-refractivity contribution in [2.45, 2.75) is 0 Å². The first-order valence-electron chi connectivity index (χ1n) is 11.2. The van der Waals surface area contributed by atoms with Gasteiger partial charge in [0.1, 0.15) is 5.82 Å². The number of anilines is 4. The highest BCUT2D eigenvalue weighted by Gasteiger charge is 2.17. The van der Waals surface area contributed by atoms with E-state index in [9.17, 15) is 4.79 Å². The molecule has 0 spiro atoms. The van der Waals surface area contributed by atoms with Crippen molar-refractivity contribution < 1.29 is 19.0 Å². The van der Waals surface area contributed by atoms with Gasteiger partial charge in [-0.2, -0.15) is 4.98 Å². The maximum atomic E-state index is 12.4. The average molecular weight is 486 g/mol. The number of rotatable bonds is 9. The van der Waals surface area contributed by atoms with Gasteiger partial charge in [0.15, 0.2) is 11.5 Å². The molecule has 0 aliphatic rings. The second-order valence-electron chi connectivity index (χ2n) is 7.61. The lowest BCUT2D eigenvalue weighted by Crippen LogP contribution is -2.19. The van der Waals surface area contributed by atoms with Crippen LogP contribution in [0.1, 0.15) is 10.4 Å². The molecule has 0 saturated heterocycles. The van der Waals surface area contributed by atoms with Crippen LogP contribution in [0.15, 0.2) is 72.9 Å². The molecule has 3 aromatic carbocycles. The molecule has 0 fully saturated rings. The van der Waals surface area contributed by atoms with E-state index in [1.165, 1.54) is 0 Å². The second-order valence-corrected chi connectivity index (χ2v) is 7.61. The number of methoxy groups -OCH3 is 3. The fraction of sp³-hybridized carbons (Fsp3) is 0.148. The van der Waals surface area contributed by atoms with Gasteiger partial charge in [-0.25, -0.2) is 4.98 Å². The van der Waals surface area contributed by atoms with Crippen LogP contribution in [-0.2, 0) is 0 Å². The predicted molar refractivity (Wildman–Crippen MR) is 140 cm³/mol. The maximum Gasteiger partial charge on any atom is 0.253 e. The highest BCUT2D eigenvalue weighted by Crippen LogP contribution is 2.40. The summed E-state index contributed by atoms with van der Waals surface area (Å²) < 4.78 is 16.3. The van der Waals surface area contributed by atoms with Gasteiger partial charge in [0, 0.05) is 36.6 Å². The molecule has 4 rings (SSSR count).